The number of aryl methyl sites for hydroxylation is 1. The Morgan fingerprint density at radius 1 is 1.25 bits per heavy atom. The number of hydrogen-bond donors (Lipinski definition) is 0. The van der Waals surface area contributed by atoms with E-state index >= 15 is 0 Å². The quantitative estimate of drug-likeness (QED) is 0.512. The number of rotatable bonds is 8. The van der Waals surface area contributed by atoms with E-state index in [9.17, 15) is 9.59 Å². The Morgan fingerprint density at radius 3 is 2.69 bits per heavy atom. The van der Waals surface area contributed by atoms with E-state index < -0.39 is 0 Å². The molecule has 0 radical (unpaired) electrons. The minimum atomic E-state index is -0.350. The number of amides is 1. The lowest BCUT2D eigenvalue weighted by Crippen LogP contribution is -2.39. The van der Waals surface area contributed by atoms with Gasteiger partial charge in [0.2, 0.25) is 5.91 Å². The van der Waals surface area contributed by atoms with Crippen LogP contribution in [-0.2, 0) is 4.79 Å². The van der Waals surface area contributed by atoms with E-state index in [0.717, 1.165) is 31.2 Å². The Kier molecular flexibility index (Phi) is 6.31. The van der Waals surface area contributed by atoms with Crippen molar-refractivity contribution >= 4 is 16.8 Å². The average Bonchev–Trinajstić information content (AvgIpc) is 3.64. The van der Waals surface area contributed by atoms with Crippen molar-refractivity contribution in [3.05, 3.63) is 64.2 Å². The molecule has 1 fully saturated rings. The second-order valence-electron chi connectivity index (χ2n) is 8.64. The van der Waals surface area contributed by atoms with Crippen molar-refractivity contribution < 1.29 is 9.53 Å². The fraction of sp³-hybridized carbons (Fsp3) is 0.423. The molecule has 3 aromatic rings. The fourth-order valence-corrected chi connectivity index (χ4v) is 4.17. The molecule has 1 aliphatic rings. The SMILES string of the molecule is CCCCN(C(=O)C1CC1)C(C)c1nc2ccccc2c(=O)n1-c1cc(C)ccc1OC. The molecule has 0 saturated heterocycles. The van der Waals surface area contributed by atoms with Crippen LogP contribution >= 0.6 is 0 Å². The molecule has 1 heterocycles. The van der Waals surface area contributed by atoms with Gasteiger partial charge in [0.05, 0.1) is 29.7 Å². The summed E-state index contributed by atoms with van der Waals surface area (Å²) in [6.07, 6.45) is 3.79. The second-order valence-corrected chi connectivity index (χ2v) is 8.64. The molecule has 0 aliphatic heterocycles. The lowest BCUT2D eigenvalue weighted by atomic mass is 10.1. The Balaban J connectivity index is 1.95. The molecule has 0 N–H and O–H groups in total. The number of hydrogen-bond acceptors (Lipinski definition) is 4. The van der Waals surface area contributed by atoms with Gasteiger partial charge in [0.1, 0.15) is 11.6 Å². The van der Waals surface area contributed by atoms with Crippen molar-refractivity contribution in [3.63, 3.8) is 0 Å². The largest absolute Gasteiger partial charge is 0.495 e. The second kappa shape index (κ2) is 9.15. The van der Waals surface area contributed by atoms with Crippen LogP contribution in [0.4, 0.5) is 0 Å². The molecule has 32 heavy (non-hydrogen) atoms. The van der Waals surface area contributed by atoms with Crippen molar-refractivity contribution in [2.45, 2.75) is 52.5 Å². The fourth-order valence-electron chi connectivity index (χ4n) is 4.17. The highest BCUT2D eigenvalue weighted by molar-refractivity contribution is 5.82. The zero-order chi connectivity index (χ0) is 22.8. The molecule has 1 saturated carbocycles. The number of carbonyl (C=O) groups is 1. The summed E-state index contributed by atoms with van der Waals surface area (Å²) < 4.78 is 7.25. The number of aromatic nitrogens is 2. The minimum Gasteiger partial charge on any atom is -0.495 e. The van der Waals surface area contributed by atoms with Crippen molar-refractivity contribution in [2.75, 3.05) is 13.7 Å². The van der Waals surface area contributed by atoms with E-state index in [4.69, 9.17) is 9.72 Å². The van der Waals surface area contributed by atoms with Crippen LogP contribution in [-0.4, -0.2) is 34.0 Å². The molecule has 0 bridgehead atoms. The lowest BCUT2D eigenvalue weighted by Gasteiger charge is -2.31. The van der Waals surface area contributed by atoms with Crippen LogP contribution in [0.1, 0.15) is 57.0 Å². The van der Waals surface area contributed by atoms with Crippen LogP contribution in [0.2, 0.25) is 0 Å². The lowest BCUT2D eigenvalue weighted by molar-refractivity contribution is -0.135. The molecule has 4 rings (SSSR count). The van der Waals surface area contributed by atoms with Crippen LogP contribution < -0.4 is 10.3 Å². The van der Waals surface area contributed by atoms with Gasteiger partial charge < -0.3 is 9.64 Å². The summed E-state index contributed by atoms with van der Waals surface area (Å²) in [5.41, 5.74) is 2.13. The Labute approximate surface area is 188 Å². The standard InChI is InChI=1S/C26H31N3O3/c1-5-6-15-28(25(30)19-12-13-19)18(3)24-27-21-10-8-7-9-20(21)26(31)29(24)22-16-17(2)11-14-23(22)32-4/h7-11,14,16,18-19H,5-6,12-13,15H2,1-4H3. The summed E-state index contributed by atoms with van der Waals surface area (Å²) in [5.74, 6) is 1.42. The van der Waals surface area contributed by atoms with E-state index in [0.29, 0.717) is 34.7 Å². The van der Waals surface area contributed by atoms with E-state index in [-0.39, 0.29) is 23.4 Å². The molecule has 1 aromatic heterocycles. The monoisotopic (exact) mass is 433 g/mol. The molecule has 168 valence electrons. The summed E-state index contributed by atoms with van der Waals surface area (Å²) in [5, 5.41) is 0.542. The highest BCUT2D eigenvalue weighted by Crippen LogP contribution is 2.35. The zero-order valence-corrected chi connectivity index (χ0v) is 19.3. The number of fused-ring (bicyclic) bond motifs is 1. The van der Waals surface area contributed by atoms with Gasteiger partial charge in [-0.15, -0.1) is 0 Å². The first kappa shape index (κ1) is 22.1. The van der Waals surface area contributed by atoms with E-state index in [1.807, 2.05) is 55.1 Å². The van der Waals surface area contributed by atoms with Gasteiger partial charge in [-0.2, -0.15) is 0 Å². The summed E-state index contributed by atoms with van der Waals surface area (Å²) in [6, 6.07) is 12.8. The summed E-state index contributed by atoms with van der Waals surface area (Å²) in [4.78, 5) is 33.8. The van der Waals surface area contributed by atoms with Gasteiger partial charge in [0, 0.05) is 12.5 Å². The third-order valence-electron chi connectivity index (χ3n) is 6.18. The van der Waals surface area contributed by atoms with Crippen molar-refractivity contribution in [1.29, 1.82) is 0 Å². The highest BCUT2D eigenvalue weighted by atomic mass is 16.5. The van der Waals surface area contributed by atoms with Gasteiger partial charge >= 0.3 is 0 Å². The first-order valence-corrected chi connectivity index (χ1v) is 11.4. The summed E-state index contributed by atoms with van der Waals surface area (Å²) in [7, 11) is 1.60. The number of nitrogens with zero attached hydrogens (tertiary/aromatic N) is 3. The van der Waals surface area contributed by atoms with Crippen LogP contribution in [0, 0.1) is 12.8 Å². The summed E-state index contributed by atoms with van der Waals surface area (Å²) in [6.45, 7) is 6.73. The van der Waals surface area contributed by atoms with Gasteiger partial charge in [-0.1, -0.05) is 31.5 Å². The maximum absolute atomic E-state index is 13.8. The van der Waals surface area contributed by atoms with Gasteiger partial charge in [-0.05, 0) is 62.9 Å². The Morgan fingerprint density at radius 2 is 2.00 bits per heavy atom. The maximum Gasteiger partial charge on any atom is 0.266 e. The topological polar surface area (TPSA) is 64.4 Å². The van der Waals surface area contributed by atoms with E-state index in [2.05, 4.69) is 6.92 Å². The van der Waals surface area contributed by atoms with Crippen LogP contribution in [0.3, 0.4) is 0 Å². The molecule has 6 heteroatoms. The summed E-state index contributed by atoms with van der Waals surface area (Å²) >= 11 is 0. The molecule has 0 spiro atoms. The molecule has 1 atom stereocenters. The maximum atomic E-state index is 13.8. The smallest absolute Gasteiger partial charge is 0.266 e. The van der Waals surface area contributed by atoms with E-state index in [1.54, 1.807) is 17.7 Å². The molecule has 2 aromatic carbocycles. The Bertz CT molecular complexity index is 1200. The number of benzene rings is 2. The third-order valence-corrected chi connectivity index (χ3v) is 6.18. The van der Waals surface area contributed by atoms with E-state index in [1.165, 1.54) is 0 Å². The van der Waals surface area contributed by atoms with Crippen LogP contribution in [0.5, 0.6) is 5.75 Å². The predicted octanol–water partition coefficient (Wildman–Crippen LogP) is 4.80. The van der Waals surface area contributed by atoms with Crippen LogP contribution in [0.25, 0.3) is 16.6 Å². The van der Waals surface area contributed by atoms with Gasteiger partial charge in [-0.3, -0.25) is 14.2 Å². The number of para-hydroxylation sites is 1. The molecule has 1 amide bonds. The Hall–Kier alpha value is -3.15. The molecular weight excluding hydrogens is 402 g/mol. The number of methoxy groups -OCH3 is 1. The van der Waals surface area contributed by atoms with Crippen molar-refractivity contribution in [2.24, 2.45) is 5.92 Å². The van der Waals surface area contributed by atoms with Crippen LogP contribution in [0.15, 0.2) is 47.3 Å². The normalized spacial score (nSPS) is 14.4. The minimum absolute atomic E-state index is 0.100. The third kappa shape index (κ3) is 4.14. The number of ether oxygens (including phenoxy) is 1. The molecular formula is C26H31N3O3. The molecule has 6 nitrogen and oxygen atoms in total. The predicted molar refractivity (Wildman–Crippen MR) is 126 cm³/mol. The van der Waals surface area contributed by atoms with Gasteiger partial charge in [0.25, 0.3) is 5.56 Å². The number of carbonyl (C=O) groups excluding carboxylic acids is 1. The zero-order valence-electron chi connectivity index (χ0n) is 19.3. The first-order chi connectivity index (χ1) is 15.5. The van der Waals surface area contributed by atoms with Gasteiger partial charge in [0.15, 0.2) is 0 Å². The first-order valence-electron chi connectivity index (χ1n) is 11.4. The molecule has 1 unspecified atom stereocenters. The number of unbranched alkanes of at least 4 members (excludes halogenated alkanes) is 1. The van der Waals surface area contributed by atoms with Gasteiger partial charge in [-0.25, -0.2) is 4.98 Å². The van der Waals surface area contributed by atoms with Crippen molar-refractivity contribution in [3.8, 4) is 11.4 Å². The molecule has 1 aliphatic carbocycles. The average molecular weight is 434 g/mol. The van der Waals surface area contributed by atoms with Crippen molar-refractivity contribution in [1.82, 2.24) is 14.5 Å². The highest BCUT2D eigenvalue weighted by Gasteiger charge is 2.36.